The molecule has 1 heterocycles. The number of nitrogens with zero attached hydrogens (tertiary/aromatic N) is 1. The van der Waals surface area contributed by atoms with Gasteiger partial charge in [-0.15, -0.1) is 0 Å². The third kappa shape index (κ3) is 6.13. The summed E-state index contributed by atoms with van der Waals surface area (Å²) in [5, 5.41) is 6.37. The number of anilines is 1. The van der Waals surface area contributed by atoms with Crippen LogP contribution in [0.25, 0.3) is 0 Å². The topological polar surface area (TPSA) is 70.7 Å². The maximum absolute atomic E-state index is 13.4. The van der Waals surface area contributed by atoms with Gasteiger partial charge in [0.1, 0.15) is 5.75 Å². The fourth-order valence-electron chi connectivity index (χ4n) is 5.03. The predicted octanol–water partition coefficient (Wildman–Crippen LogP) is 4.86. The third-order valence-corrected chi connectivity index (χ3v) is 7.16. The number of halogens is 1. The van der Waals surface area contributed by atoms with Gasteiger partial charge in [0.2, 0.25) is 5.91 Å². The Labute approximate surface area is 191 Å². The lowest BCUT2D eigenvalue weighted by Gasteiger charge is -2.43. The van der Waals surface area contributed by atoms with Crippen LogP contribution in [0.5, 0.6) is 5.75 Å². The van der Waals surface area contributed by atoms with Crippen LogP contribution in [-0.2, 0) is 4.79 Å². The number of methoxy groups -OCH3 is 1. The van der Waals surface area contributed by atoms with E-state index in [0.717, 1.165) is 51.2 Å². The molecule has 2 N–H and O–H groups in total. The lowest BCUT2D eigenvalue weighted by atomic mass is 9.80. The number of amides is 2. The molecule has 1 saturated heterocycles. The maximum atomic E-state index is 13.4. The van der Waals surface area contributed by atoms with Crippen molar-refractivity contribution in [2.45, 2.75) is 70.8 Å². The van der Waals surface area contributed by atoms with E-state index in [9.17, 15) is 9.59 Å². The van der Waals surface area contributed by atoms with Crippen molar-refractivity contribution >= 4 is 29.1 Å². The van der Waals surface area contributed by atoms with Crippen LogP contribution in [0.4, 0.5) is 5.69 Å². The number of nitrogens with one attached hydrogen (secondary N) is 2. The minimum atomic E-state index is -0.228. The molecule has 0 radical (unpaired) electrons. The maximum Gasteiger partial charge on any atom is 0.255 e. The molecule has 0 spiro atoms. The predicted molar refractivity (Wildman–Crippen MR) is 125 cm³/mol. The Balaban J connectivity index is 1.77. The lowest BCUT2D eigenvalue weighted by molar-refractivity contribution is -0.114. The van der Waals surface area contributed by atoms with E-state index in [0.29, 0.717) is 22.0 Å². The SMILES string of the molecule is CCC1CCN(CC2(NC(=O)c3cc(Cl)c(NC(C)=O)cc3OC)CCCCC2)CC1. The van der Waals surface area contributed by atoms with E-state index in [4.69, 9.17) is 16.3 Å². The molecule has 0 unspecified atom stereocenters. The van der Waals surface area contributed by atoms with Crippen LogP contribution < -0.4 is 15.4 Å². The van der Waals surface area contributed by atoms with Gasteiger partial charge in [0.25, 0.3) is 5.91 Å². The van der Waals surface area contributed by atoms with Crippen molar-refractivity contribution in [3.8, 4) is 5.75 Å². The number of likely N-dealkylation sites (tertiary alicyclic amines) is 1. The smallest absolute Gasteiger partial charge is 0.255 e. The van der Waals surface area contributed by atoms with E-state index in [2.05, 4.69) is 22.5 Å². The molecular weight excluding hydrogens is 414 g/mol. The molecule has 2 fully saturated rings. The Bertz CT molecular complexity index is 785. The number of rotatable bonds is 7. The molecule has 1 aromatic carbocycles. The number of hydrogen-bond donors (Lipinski definition) is 2. The van der Waals surface area contributed by atoms with Crippen molar-refractivity contribution in [3.63, 3.8) is 0 Å². The highest BCUT2D eigenvalue weighted by Gasteiger charge is 2.37. The molecule has 0 atom stereocenters. The number of hydrogen-bond acceptors (Lipinski definition) is 4. The molecule has 1 aliphatic heterocycles. The van der Waals surface area contributed by atoms with E-state index in [1.165, 1.54) is 39.7 Å². The second kappa shape index (κ2) is 10.7. The van der Waals surface area contributed by atoms with Crippen LogP contribution in [0.1, 0.15) is 75.6 Å². The van der Waals surface area contributed by atoms with E-state index < -0.39 is 0 Å². The molecule has 31 heavy (non-hydrogen) atoms. The van der Waals surface area contributed by atoms with Gasteiger partial charge in [-0.05, 0) is 50.8 Å². The van der Waals surface area contributed by atoms with Gasteiger partial charge in [0.05, 0.1) is 28.9 Å². The van der Waals surface area contributed by atoms with E-state index in [1.54, 1.807) is 12.1 Å². The standard InChI is InChI=1S/C24H36ClN3O3/c1-4-18-8-12-28(13-9-18)16-24(10-6-5-7-11-24)27-23(30)19-14-20(25)21(26-17(2)29)15-22(19)31-3/h14-15,18H,4-13,16H2,1-3H3,(H,26,29)(H,27,30). The highest BCUT2D eigenvalue weighted by atomic mass is 35.5. The number of carbonyl (C=O) groups excluding carboxylic acids is 2. The zero-order chi connectivity index (χ0) is 22.4. The second-order valence-electron chi connectivity index (χ2n) is 9.14. The average Bonchev–Trinajstić information content (AvgIpc) is 2.75. The van der Waals surface area contributed by atoms with Crippen molar-refractivity contribution in [2.24, 2.45) is 5.92 Å². The van der Waals surface area contributed by atoms with Crippen LogP contribution in [0, 0.1) is 5.92 Å². The average molecular weight is 450 g/mol. The molecule has 3 rings (SSSR count). The first kappa shape index (κ1) is 23.9. The van der Waals surface area contributed by atoms with Gasteiger partial charge in [0, 0.05) is 19.5 Å². The molecule has 1 aromatic rings. The Morgan fingerprint density at radius 3 is 2.45 bits per heavy atom. The quantitative estimate of drug-likeness (QED) is 0.623. The van der Waals surface area contributed by atoms with Crippen LogP contribution in [-0.4, -0.2) is 49.0 Å². The van der Waals surface area contributed by atoms with Gasteiger partial charge in [-0.1, -0.05) is 44.2 Å². The van der Waals surface area contributed by atoms with Crippen molar-refractivity contribution in [2.75, 3.05) is 32.1 Å². The van der Waals surface area contributed by atoms with Crippen LogP contribution in [0.3, 0.4) is 0 Å². The summed E-state index contributed by atoms with van der Waals surface area (Å²) in [6.07, 6.45) is 9.21. The highest BCUT2D eigenvalue weighted by molar-refractivity contribution is 6.34. The minimum absolute atomic E-state index is 0.168. The van der Waals surface area contributed by atoms with Crippen LogP contribution in [0.15, 0.2) is 12.1 Å². The summed E-state index contributed by atoms with van der Waals surface area (Å²) in [6, 6.07) is 3.20. The zero-order valence-corrected chi connectivity index (χ0v) is 19.8. The van der Waals surface area contributed by atoms with E-state index in [1.807, 2.05) is 0 Å². The third-order valence-electron chi connectivity index (χ3n) is 6.84. The van der Waals surface area contributed by atoms with E-state index >= 15 is 0 Å². The Hall–Kier alpha value is -1.79. The molecule has 0 aromatic heterocycles. The summed E-state index contributed by atoms with van der Waals surface area (Å²) in [5.74, 6) is 0.842. The van der Waals surface area contributed by atoms with Crippen LogP contribution >= 0.6 is 11.6 Å². The summed E-state index contributed by atoms with van der Waals surface area (Å²) in [4.78, 5) is 27.3. The molecule has 2 amide bonds. The largest absolute Gasteiger partial charge is 0.496 e. The molecule has 0 bridgehead atoms. The normalized spacial score (nSPS) is 19.6. The van der Waals surface area contributed by atoms with Crippen molar-refractivity contribution in [3.05, 3.63) is 22.7 Å². The molecule has 1 saturated carbocycles. The molecule has 7 heteroatoms. The van der Waals surface area contributed by atoms with Gasteiger partial charge in [-0.3, -0.25) is 9.59 Å². The summed E-state index contributed by atoms with van der Waals surface area (Å²) in [7, 11) is 1.52. The zero-order valence-electron chi connectivity index (χ0n) is 19.1. The Kier molecular flexibility index (Phi) is 8.23. The molecular formula is C24H36ClN3O3. The first-order chi connectivity index (χ1) is 14.9. The van der Waals surface area contributed by atoms with Crippen molar-refractivity contribution in [1.82, 2.24) is 10.2 Å². The first-order valence-corrected chi connectivity index (χ1v) is 11.9. The van der Waals surface area contributed by atoms with Crippen molar-refractivity contribution < 1.29 is 14.3 Å². The Morgan fingerprint density at radius 2 is 1.87 bits per heavy atom. The fourth-order valence-corrected chi connectivity index (χ4v) is 5.24. The summed E-state index contributed by atoms with van der Waals surface area (Å²) in [6.45, 7) is 6.81. The molecule has 1 aliphatic carbocycles. The van der Waals surface area contributed by atoms with Gasteiger partial charge >= 0.3 is 0 Å². The Morgan fingerprint density at radius 1 is 1.19 bits per heavy atom. The fraction of sp³-hybridized carbons (Fsp3) is 0.667. The molecule has 6 nitrogen and oxygen atoms in total. The molecule has 2 aliphatic rings. The van der Waals surface area contributed by atoms with Gasteiger partial charge in [0.15, 0.2) is 0 Å². The summed E-state index contributed by atoms with van der Waals surface area (Å²) in [5.41, 5.74) is 0.618. The van der Waals surface area contributed by atoms with Crippen molar-refractivity contribution in [1.29, 1.82) is 0 Å². The van der Waals surface area contributed by atoms with Crippen LogP contribution in [0.2, 0.25) is 5.02 Å². The number of piperidine rings is 1. The highest BCUT2D eigenvalue weighted by Crippen LogP contribution is 2.34. The second-order valence-corrected chi connectivity index (χ2v) is 9.54. The summed E-state index contributed by atoms with van der Waals surface area (Å²) >= 11 is 6.35. The number of carbonyl (C=O) groups is 2. The summed E-state index contributed by atoms with van der Waals surface area (Å²) < 4.78 is 5.46. The van der Waals surface area contributed by atoms with Gasteiger partial charge < -0.3 is 20.3 Å². The monoisotopic (exact) mass is 449 g/mol. The number of ether oxygens (including phenoxy) is 1. The van der Waals surface area contributed by atoms with Gasteiger partial charge in [-0.2, -0.15) is 0 Å². The minimum Gasteiger partial charge on any atom is -0.496 e. The first-order valence-electron chi connectivity index (χ1n) is 11.6. The van der Waals surface area contributed by atoms with Gasteiger partial charge in [-0.25, -0.2) is 0 Å². The lowest BCUT2D eigenvalue weighted by Crippen LogP contribution is -2.57. The number of benzene rings is 1. The van der Waals surface area contributed by atoms with E-state index in [-0.39, 0.29) is 17.4 Å². The molecule has 172 valence electrons.